The Labute approximate surface area is 227 Å². The number of ether oxygens (including phenoxy) is 3. The van der Waals surface area contributed by atoms with Crippen molar-refractivity contribution >= 4 is 0 Å². The lowest BCUT2D eigenvalue weighted by molar-refractivity contribution is -0.0191. The van der Waals surface area contributed by atoms with Gasteiger partial charge in [0.05, 0.1) is 7.11 Å². The first-order valence-electron chi connectivity index (χ1n) is 14.0. The zero-order chi connectivity index (χ0) is 26.7. The maximum Gasteiger partial charge on any atom is 0.197 e. The van der Waals surface area contributed by atoms with E-state index < -0.39 is 11.9 Å². The van der Waals surface area contributed by atoms with Crippen LogP contribution in [0.4, 0.5) is 0 Å². The number of fused-ring (bicyclic) bond motifs is 3. The van der Waals surface area contributed by atoms with Gasteiger partial charge in [0.15, 0.2) is 6.29 Å². The van der Waals surface area contributed by atoms with E-state index in [-0.39, 0.29) is 11.8 Å². The highest BCUT2D eigenvalue weighted by Crippen LogP contribution is 2.53. The molecule has 2 saturated heterocycles. The van der Waals surface area contributed by atoms with Crippen molar-refractivity contribution in [2.24, 2.45) is 0 Å². The molecule has 3 heterocycles. The van der Waals surface area contributed by atoms with Crippen LogP contribution in [0.1, 0.15) is 81.4 Å². The van der Waals surface area contributed by atoms with Crippen LogP contribution in [0.25, 0.3) is 0 Å². The zero-order valence-corrected chi connectivity index (χ0v) is 23.0. The van der Waals surface area contributed by atoms with Crippen LogP contribution < -0.4 is 19.5 Å². The van der Waals surface area contributed by atoms with Crippen LogP contribution in [0.15, 0.2) is 72.8 Å². The van der Waals surface area contributed by atoms with Crippen molar-refractivity contribution in [3.63, 3.8) is 0 Å². The fourth-order valence-electron chi connectivity index (χ4n) is 6.20. The van der Waals surface area contributed by atoms with Crippen molar-refractivity contribution in [3.8, 4) is 17.2 Å². The highest BCUT2D eigenvalue weighted by atomic mass is 16.6. The first kappa shape index (κ1) is 26.6. The van der Waals surface area contributed by atoms with Gasteiger partial charge >= 0.3 is 0 Å². The molecule has 3 fully saturated rings. The summed E-state index contributed by atoms with van der Waals surface area (Å²) in [5.41, 5.74) is 3.12. The van der Waals surface area contributed by atoms with Gasteiger partial charge in [0, 0.05) is 42.0 Å². The molecule has 3 unspecified atom stereocenters. The van der Waals surface area contributed by atoms with Gasteiger partial charge < -0.3 is 24.6 Å². The second kappa shape index (κ2) is 11.4. The standard InChI is InChI=1S/C27H30O4.C6H11N/c1-5-24(28)30-20-13-11-18(12-14-20)25-22-16-15-21(29-4)17-23(22)31-27(2,3)26(25)19-9-7-6-8-10-19;1-2-5-4-6(3-1)7-5/h6-17,24-26,28H,5H2,1-4H3;5-7H,1-4H2/t24?,25-,26+;/m1./s1. The second-order valence-corrected chi connectivity index (χ2v) is 11.3. The second-order valence-electron chi connectivity index (χ2n) is 11.3. The molecule has 1 aliphatic carbocycles. The van der Waals surface area contributed by atoms with E-state index in [4.69, 9.17) is 14.2 Å². The molecule has 5 nitrogen and oxygen atoms in total. The third-order valence-corrected chi connectivity index (χ3v) is 8.18. The molecular weight excluding hydrogens is 474 g/mol. The SMILES string of the molecule is C1CC2CC(C1)N2.CCC(O)Oc1ccc([C@@H]2c3ccc(OC)cc3OC(C)(C)[C@H]2c2ccccc2)cc1. The maximum atomic E-state index is 9.82. The number of nitrogens with one attached hydrogen (secondary N) is 1. The Balaban J connectivity index is 0.000000358. The Kier molecular flexibility index (Phi) is 7.96. The quantitative estimate of drug-likeness (QED) is 0.354. The van der Waals surface area contributed by atoms with Crippen molar-refractivity contribution in [2.75, 3.05) is 7.11 Å². The fourth-order valence-corrected chi connectivity index (χ4v) is 6.20. The molecule has 2 bridgehead atoms. The van der Waals surface area contributed by atoms with Crippen LogP contribution in [0, 0.1) is 0 Å². The van der Waals surface area contributed by atoms with Crippen molar-refractivity contribution in [3.05, 3.63) is 89.5 Å². The van der Waals surface area contributed by atoms with Crippen molar-refractivity contribution in [1.29, 1.82) is 0 Å². The summed E-state index contributed by atoms with van der Waals surface area (Å²) in [6, 6.07) is 26.5. The van der Waals surface area contributed by atoms with E-state index in [9.17, 15) is 5.11 Å². The van der Waals surface area contributed by atoms with Crippen LogP contribution in [-0.2, 0) is 0 Å². The zero-order valence-electron chi connectivity index (χ0n) is 23.0. The molecule has 0 amide bonds. The first-order valence-corrected chi connectivity index (χ1v) is 14.0. The third kappa shape index (κ3) is 5.69. The topological polar surface area (TPSA) is 60.0 Å². The Morgan fingerprint density at radius 2 is 1.61 bits per heavy atom. The van der Waals surface area contributed by atoms with Crippen LogP contribution in [0.5, 0.6) is 17.2 Å². The summed E-state index contributed by atoms with van der Waals surface area (Å²) in [7, 11) is 1.67. The Morgan fingerprint density at radius 1 is 0.947 bits per heavy atom. The van der Waals surface area contributed by atoms with Gasteiger partial charge in [-0.3, -0.25) is 0 Å². The molecule has 7 rings (SSSR count). The molecule has 5 atom stereocenters. The largest absolute Gasteiger partial charge is 0.497 e. The summed E-state index contributed by atoms with van der Waals surface area (Å²) < 4.78 is 17.5. The predicted molar refractivity (Wildman–Crippen MR) is 151 cm³/mol. The minimum absolute atomic E-state index is 0.0946. The minimum Gasteiger partial charge on any atom is -0.497 e. The van der Waals surface area contributed by atoms with Crippen LogP contribution in [0.2, 0.25) is 0 Å². The summed E-state index contributed by atoms with van der Waals surface area (Å²) >= 11 is 0. The maximum absolute atomic E-state index is 9.82. The Hall–Kier alpha value is -3.02. The number of rotatable bonds is 6. The number of hydrogen-bond acceptors (Lipinski definition) is 5. The summed E-state index contributed by atoms with van der Waals surface area (Å²) in [6.45, 7) is 6.18. The molecule has 0 spiro atoms. The van der Waals surface area contributed by atoms with Gasteiger partial charge in [-0.05, 0) is 62.4 Å². The lowest BCUT2D eigenvalue weighted by Gasteiger charge is -2.45. The lowest BCUT2D eigenvalue weighted by atomic mass is 9.68. The highest BCUT2D eigenvalue weighted by Gasteiger charge is 2.45. The number of methoxy groups -OCH3 is 1. The Morgan fingerprint density at radius 3 is 2.16 bits per heavy atom. The molecule has 38 heavy (non-hydrogen) atoms. The number of hydrogen-bond donors (Lipinski definition) is 2. The van der Waals surface area contributed by atoms with Crippen LogP contribution >= 0.6 is 0 Å². The summed E-state index contributed by atoms with van der Waals surface area (Å²) in [4.78, 5) is 0. The van der Waals surface area contributed by atoms with E-state index in [0.29, 0.717) is 12.2 Å². The van der Waals surface area contributed by atoms with Gasteiger partial charge in [0.2, 0.25) is 0 Å². The van der Waals surface area contributed by atoms with E-state index >= 15 is 0 Å². The van der Waals surface area contributed by atoms with Gasteiger partial charge in [-0.1, -0.05) is 61.9 Å². The molecule has 3 aliphatic heterocycles. The number of benzene rings is 3. The van der Waals surface area contributed by atoms with Crippen LogP contribution in [-0.4, -0.2) is 36.2 Å². The summed E-state index contributed by atoms with van der Waals surface area (Å²) in [5, 5.41) is 13.3. The summed E-state index contributed by atoms with van der Waals surface area (Å²) in [6.07, 6.45) is 5.58. The summed E-state index contributed by atoms with van der Waals surface area (Å²) in [5.74, 6) is 2.50. The van der Waals surface area contributed by atoms with Gasteiger partial charge in [-0.2, -0.15) is 0 Å². The van der Waals surface area contributed by atoms with Crippen molar-refractivity contribution in [1.82, 2.24) is 5.32 Å². The molecule has 0 radical (unpaired) electrons. The molecule has 5 heteroatoms. The third-order valence-electron chi connectivity index (χ3n) is 8.18. The monoisotopic (exact) mass is 515 g/mol. The average molecular weight is 516 g/mol. The van der Waals surface area contributed by atoms with Gasteiger partial charge in [-0.15, -0.1) is 0 Å². The molecule has 202 valence electrons. The van der Waals surface area contributed by atoms with Gasteiger partial charge in [-0.25, -0.2) is 0 Å². The smallest absolute Gasteiger partial charge is 0.197 e. The normalized spacial score (nSPS) is 25.4. The van der Waals surface area contributed by atoms with E-state index in [2.05, 4.69) is 61.6 Å². The van der Waals surface area contributed by atoms with E-state index in [1.54, 1.807) is 7.11 Å². The number of piperidine rings is 1. The van der Waals surface area contributed by atoms with Crippen LogP contribution in [0.3, 0.4) is 0 Å². The average Bonchev–Trinajstić information content (AvgIpc) is 2.93. The van der Waals surface area contributed by atoms with Crippen molar-refractivity contribution < 1.29 is 19.3 Å². The molecule has 0 aromatic heterocycles. The molecule has 3 aromatic rings. The minimum atomic E-state index is -0.793. The predicted octanol–water partition coefficient (Wildman–Crippen LogP) is 6.79. The van der Waals surface area contributed by atoms with Gasteiger partial charge in [0.1, 0.15) is 22.8 Å². The van der Waals surface area contributed by atoms with Gasteiger partial charge in [0.25, 0.3) is 0 Å². The van der Waals surface area contributed by atoms with Crippen molar-refractivity contribution in [2.45, 2.75) is 88.7 Å². The molecule has 1 saturated carbocycles. The molecular formula is C33H41NO4. The van der Waals surface area contributed by atoms with E-state index in [0.717, 1.165) is 29.1 Å². The van der Waals surface area contributed by atoms with E-state index in [1.807, 2.05) is 37.3 Å². The number of aliphatic hydroxyl groups is 1. The fraction of sp³-hybridized carbons (Fsp3) is 0.455. The molecule has 3 aromatic carbocycles. The number of aliphatic hydroxyl groups excluding tert-OH is 1. The lowest BCUT2D eigenvalue weighted by Crippen LogP contribution is -2.55. The first-order chi connectivity index (χ1) is 18.4. The highest BCUT2D eigenvalue weighted by molar-refractivity contribution is 5.52. The van der Waals surface area contributed by atoms with E-state index in [1.165, 1.54) is 36.8 Å². The molecule has 2 N–H and O–H groups in total. The molecule has 4 aliphatic rings. The Bertz CT molecular complexity index is 1170.